The summed E-state index contributed by atoms with van der Waals surface area (Å²) < 4.78 is 0. The third-order valence-electron chi connectivity index (χ3n) is 16.1. The number of nitrogens with zero attached hydrogens (tertiary/aromatic N) is 3. The Bertz CT molecular complexity index is 2950. The van der Waals surface area contributed by atoms with Gasteiger partial charge in [-0.05, 0) is 148 Å². The van der Waals surface area contributed by atoms with Gasteiger partial charge in [0.05, 0.1) is 19.0 Å². The van der Waals surface area contributed by atoms with E-state index >= 15 is 0 Å². The number of hydrogen-bond donors (Lipinski definition) is 23. The number of amides is 12. The number of carboxylic acids is 4. The Kier molecular flexibility index (Phi) is 44.4. The number of rotatable bonds is 55. The highest BCUT2D eigenvalue weighted by atomic mass is 16.4. The molecule has 0 aliphatic carbocycles. The van der Waals surface area contributed by atoms with Gasteiger partial charge in [0.25, 0.3) is 0 Å². The number of aliphatic carboxylic acids is 4. The van der Waals surface area contributed by atoms with E-state index < -0.39 is 206 Å². The predicted molar refractivity (Wildman–Crippen MR) is 373 cm³/mol. The monoisotopic (exact) mass is 1480 g/mol. The Morgan fingerprint density at radius 2 is 0.779 bits per heavy atom. The zero-order valence-corrected chi connectivity index (χ0v) is 59.0. The highest BCUT2D eigenvalue weighted by Gasteiger charge is 2.39. The van der Waals surface area contributed by atoms with Crippen LogP contribution in [0.5, 0.6) is 0 Å². The topological polar surface area (TPSA) is 736 Å². The summed E-state index contributed by atoms with van der Waals surface area (Å²) in [6.07, 6.45) is -2.60. The quantitative estimate of drug-likeness (QED) is 0.0153. The van der Waals surface area contributed by atoms with Crippen molar-refractivity contribution >= 4 is 107 Å². The van der Waals surface area contributed by atoms with Crippen LogP contribution in [0.2, 0.25) is 0 Å². The summed E-state index contributed by atoms with van der Waals surface area (Å²) >= 11 is 0. The van der Waals surface area contributed by atoms with Crippen LogP contribution in [-0.4, -0.2) is 244 Å². The van der Waals surface area contributed by atoms with Gasteiger partial charge in [0.15, 0.2) is 11.9 Å². The number of carbonyl (C=O) groups is 16. The molecular weight excluding hydrogens is 1370 g/mol. The molecule has 1 fully saturated rings. The van der Waals surface area contributed by atoms with Crippen LogP contribution in [0.1, 0.15) is 162 Å². The van der Waals surface area contributed by atoms with Crippen molar-refractivity contribution < 1.29 is 97.1 Å². The third-order valence-corrected chi connectivity index (χ3v) is 16.1. The smallest absolute Gasteiger partial charge is 0.326 e. The van der Waals surface area contributed by atoms with E-state index in [1.807, 2.05) is 0 Å². The molecule has 0 bridgehead atoms. The Morgan fingerprint density at radius 1 is 0.423 bits per heavy atom. The first-order chi connectivity index (χ1) is 49.0. The Morgan fingerprint density at radius 3 is 1.14 bits per heavy atom. The molecule has 1 heterocycles. The second kappa shape index (κ2) is 50.3. The third kappa shape index (κ3) is 38.2. The molecule has 1 saturated heterocycles. The number of nitrogens with one attached hydrogen (secondary N) is 10. The van der Waals surface area contributed by atoms with Crippen LogP contribution in [0.25, 0.3) is 0 Å². The molecule has 0 aromatic rings. The lowest BCUT2D eigenvalue weighted by Gasteiger charge is -2.29. The van der Waals surface area contributed by atoms with Gasteiger partial charge in [-0.2, -0.15) is 0 Å². The van der Waals surface area contributed by atoms with Gasteiger partial charge in [0, 0.05) is 38.9 Å². The number of nitrogens with two attached hydrogens (primary N) is 9. The molecule has 0 radical (unpaired) electrons. The maximum Gasteiger partial charge on any atom is 0.326 e. The van der Waals surface area contributed by atoms with Gasteiger partial charge in [-0.1, -0.05) is 13.8 Å². The number of guanidine groups is 2. The van der Waals surface area contributed by atoms with Crippen molar-refractivity contribution in [3.8, 4) is 0 Å². The fourth-order valence-electron chi connectivity index (χ4n) is 10.6. The lowest BCUT2D eigenvalue weighted by atomic mass is 10.0. The van der Waals surface area contributed by atoms with E-state index in [0.29, 0.717) is 19.3 Å². The van der Waals surface area contributed by atoms with E-state index in [1.165, 1.54) is 0 Å². The number of primary amides is 1. The van der Waals surface area contributed by atoms with Crippen LogP contribution < -0.4 is 105 Å². The minimum atomic E-state index is -1.95. The molecule has 0 spiro atoms. The fourth-order valence-corrected chi connectivity index (χ4v) is 10.6. The molecule has 42 heteroatoms. The van der Waals surface area contributed by atoms with E-state index in [9.17, 15) is 92.0 Å². The normalized spacial score (nSPS) is 15.3. The van der Waals surface area contributed by atoms with Crippen molar-refractivity contribution in [2.24, 2.45) is 67.5 Å². The number of carbonyl (C=O) groups excluding carboxylic acids is 12. The maximum absolute atomic E-state index is 14.6. The number of hydrogen-bond acceptors (Lipinski definition) is 22. The van der Waals surface area contributed by atoms with Crippen molar-refractivity contribution in [3.05, 3.63) is 0 Å². The van der Waals surface area contributed by atoms with E-state index in [-0.39, 0.29) is 147 Å². The van der Waals surface area contributed by atoms with Crippen molar-refractivity contribution in [1.82, 2.24) is 58.1 Å². The number of likely N-dealkylation sites (tertiary alicyclic amines) is 1. The molecule has 104 heavy (non-hydrogen) atoms. The molecule has 1 aliphatic rings. The van der Waals surface area contributed by atoms with Gasteiger partial charge in [0.1, 0.15) is 60.4 Å². The van der Waals surface area contributed by atoms with Gasteiger partial charge in [-0.3, -0.25) is 81.9 Å². The van der Waals surface area contributed by atoms with E-state index in [0.717, 1.165) is 4.90 Å². The standard InChI is InChI=1S/C62H110N22O20/c1-33(2)30-43(60(103)104)83-56(99)39(16-10-28-73-62(70)71)80-55(98)38(15-9-27-72-61(68)69)79-54(97)36(13-4-7-25-64)77-52(95)35(12-3-6-24-63)76-53(96)37(14-5-8-26-65)78-57(100)40(19-21-45(67)85)81-59(102)44-17-11-29-84(44)46(86)32-74-51(94)42(31-49(91)92)82-58(101)41(20-23-48(89)90)75-50(93)34(66)18-22-47(87)88/h33-44H,3-32,63-66H2,1-2H3,(H2,67,85)(H,74,94)(H,75,93)(H,76,96)(H,77,95)(H,78,100)(H,79,97)(H,80,98)(H,81,102)(H,82,101)(H,83,99)(H,87,88)(H,89,90)(H,91,92)(H,103,104)(H4,68,69,72)(H4,70,71,73)/t34-,35-,36-,37-,38-,39-,40-,41-,42-,43-,44-/m0/s1. The van der Waals surface area contributed by atoms with Crippen molar-refractivity contribution in [1.29, 1.82) is 0 Å². The molecule has 588 valence electrons. The lowest BCUT2D eigenvalue weighted by Crippen LogP contribution is -2.60. The zero-order chi connectivity index (χ0) is 78.6. The van der Waals surface area contributed by atoms with E-state index in [2.05, 4.69) is 63.2 Å². The lowest BCUT2D eigenvalue weighted by molar-refractivity contribution is -0.143. The first-order valence-electron chi connectivity index (χ1n) is 34.5. The molecule has 1 rings (SSSR count). The van der Waals surface area contributed by atoms with Crippen molar-refractivity contribution in [2.75, 3.05) is 45.8 Å². The Hall–Kier alpha value is -10.1. The molecule has 11 atom stereocenters. The first-order valence-corrected chi connectivity index (χ1v) is 34.5. The Balaban J connectivity index is 3.63. The Labute approximate surface area is 601 Å². The summed E-state index contributed by atoms with van der Waals surface area (Å²) in [5.41, 5.74) is 50.7. The molecule has 0 saturated carbocycles. The summed E-state index contributed by atoms with van der Waals surface area (Å²) in [6, 6.07) is -16.6. The van der Waals surface area contributed by atoms with Crippen LogP contribution in [0.4, 0.5) is 0 Å². The molecule has 32 N–H and O–H groups in total. The number of aliphatic imine (C=N–C) groups is 2. The van der Waals surface area contributed by atoms with Crippen LogP contribution >= 0.6 is 0 Å². The highest BCUT2D eigenvalue weighted by molar-refractivity contribution is 6.00. The summed E-state index contributed by atoms with van der Waals surface area (Å²) in [4.78, 5) is 221. The predicted octanol–water partition coefficient (Wildman–Crippen LogP) is -8.12. The van der Waals surface area contributed by atoms with Crippen LogP contribution in [0.3, 0.4) is 0 Å². The summed E-state index contributed by atoms with van der Waals surface area (Å²) in [5, 5.41) is 62.4. The average molecular weight is 1480 g/mol. The van der Waals surface area contributed by atoms with Gasteiger partial charge in [-0.15, -0.1) is 0 Å². The van der Waals surface area contributed by atoms with Crippen LogP contribution in [0, 0.1) is 5.92 Å². The molecule has 0 aromatic heterocycles. The highest BCUT2D eigenvalue weighted by Crippen LogP contribution is 2.19. The molecule has 0 aromatic carbocycles. The van der Waals surface area contributed by atoms with Gasteiger partial charge in [-0.25, -0.2) is 4.79 Å². The fraction of sp³-hybridized carbons (Fsp3) is 0.710. The number of unbranched alkanes of at least 4 members (excludes halogenated alkanes) is 3. The largest absolute Gasteiger partial charge is 0.481 e. The second-order valence-corrected chi connectivity index (χ2v) is 25.3. The first kappa shape index (κ1) is 91.9. The summed E-state index contributed by atoms with van der Waals surface area (Å²) in [7, 11) is 0. The van der Waals surface area contributed by atoms with Crippen molar-refractivity contribution in [3.63, 3.8) is 0 Å². The van der Waals surface area contributed by atoms with E-state index in [4.69, 9.17) is 56.7 Å². The second-order valence-electron chi connectivity index (χ2n) is 25.3. The minimum absolute atomic E-state index is 0.0124. The summed E-state index contributed by atoms with van der Waals surface area (Å²) in [5.74, 6) is -18.2. The van der Waals surface area contributed by atoms with Gasteiger partial charge in [0.2, 0.25) is 70.9 Å². The van der Waals surface area contributed by atoms with Gasteiger partial charge < -0.3 is 130 Å². The van der Waals surface area contributed by atoms with Crippen LogP contribution in [-0.2, 0) is 76.7 Å². The molecule has 42 nitrogen and oxygen atoms in total. The SMILES string of the molecule is CC(C)C[C@H](NC(=O)[C@H](CCCN=C(N)N)NC(=O)[C@H](CCCN=C(N)N)NC(=O)[C@H](CCCCN)NC(=O)[C@H](CCCCN)NC(=O)[C@H](CCCCN)NC(=O)[C@H](CCC(N)=O)NC(=O)[C@@H]1CCCN1C(=O)CNC(=O)[C@H](CC(=O)O)NC(=O)[C@H](CCC(=O)O)NC(=O)[C@@H](N)CCC(=O)O)C(=O)O. The maximum atomic E-state index is 14.6. The average Bonchev–Trinajstić information content (AvgIpc) is 1.62. The number of carboxylic acid groups (broad SMARTS) is 4. The molecule has 12 amide bonds. The molecule has 0 unspecified atom stereocenters. The van der Waals surface area contributed by atoms with Crippen LogP contribution in [0.15, 0.2) is 9.98 Å². The minimum Gasteiger partial charge on any atom is -0.481 e. The molecule has 1 aliphatic heterocycles. The van der Waals surface area contributed by atoms with Gasteiger partial charge >= 0.3 is 23.9 Å². The zero-order valence-electron chi connectivity index (χ0n) is 59.0. The summed E-state index contributed by atoms with van der Waals surface area (Å²) in [6.45, 7) is 2.98. The molecular formula is C62H110N22O20. The van der Waals surface area contributed by atoms with Crippen molar-refractivity contribution in [2.45, 2.75) is 228 Å². The van der Waals surface area contributed by atoms with E-state index in [1.54, 1.807) is 13.8 Å².